The molecule has 0 aromatic heterocycles. The van der Waals surface area contributed by atoms with Crippen LogP contribution in [0.25, 0.3) is 0 Å². The minimum atomic E-state index is -0.392. The molecule has 7 heteroatoms. The molecule has 1 aromatic carbocycles. The van der Waals surface area contributed by atoms with Gasteiger partial charge in [-0.25, -0.2) is 0 Å². The minimum Gasteiger partial charge on any atom is -0.507 e. The molecule has 0 radical (unpaired) electrons. The number of rotatable bonds is 4. The first-order valence-electron chi connectivity index (χ1n) is 8.12. The fourth-order valence-corrected chi connectivity index (χ4v) is 2.86. The highest BCUT2D eigenvalue weighted by atomic mass is 16.3. The number of benzene rings is 1. The first-order valence-corrected chi connectivity index (χ1v) is 8.12. The summed E-state index contributed by atoms with van der Waals surface area (Å²) in [7, 11) is 1.77. The van der Waals surface area contributed by atoms with Crippen LogP contribution in [0.4, 0.5) is 5.69 Å². The third kappa shape index (κ3) is 4.37. The van der Waals surface area contributed by atoms with Gasteiger partial charge < -0.3 is 20.2 Å². The standard InChI is InChI=1S/C18H23N3O4/c1-4-17(24)19-13-5-6-16(23)15(11-13)18(25)21-9-7-14(8-10-21)20(3)12(2)22/h4-6,11,14,23H,1,7-10H2,2-3H3,(H,19,24). The lowest BCUT2D eigenvalue weighted by Gasteiger charge is -2.36. The molecule has 134 valence electrons. The van der Waals surface area contributed by atoms with Crippen LogP contribution in [0.15, 0.2) is 30.9 Å². The lowest BCUT2D eigenvalue weighted by atomic mass is 10.0. The van der Waals surface area contributed by atoms with E-state index in [2.05, 4.69) is 11.9 Å². The molecule has 1 aliphatic heterocycles. The summed E-state index contributed by atoms with van der Waals surface area (Å²) < 4.78 is 0. The summed E-state index contributed by atoms with van der Waals surface area (Å²) in [6, 6.07) is 4.46. The highest BCUT2D eigenvalue weighted by Crippen LogP contribution is 2.25. The van der Waals surface area contributed by atoms with E-state index in [0.717, 1.165) is 6.08 Å². The smallest absolute Gasteiger partial charge is 0.257 e. The van der Waals surface area contributed by atoms with Crippen molar-refractivity contribution in [3.8, 4) is 5.75 Å². The molecule has 0 spiro atoms. The lowest BCUT2D eigenvalue weighted by molar-refractivity contribution is -0.130. The molecule has 3 amide bonds. The molecule has 0 bridgehead atoms. The molecule has 7 nitrogen and oxygen atoms in total. The van der Waals surface area contributed by atoms with E-state index in [1.165, 1.54) is 25.1 Å². The normalized spacial score (nSPS) is 14.7. The van der Waals surface area contributed by atoms with Crippen molar-refractivity contribution >= 4 is 23.4 Å². The van der Waals surface area contributed by atoms with Crippen molar-refractivity contribution in [2.24, 2.45) is 0 Å². The monoisotopic (exact) mass is 345 g/mol. The van der Waals surface area contributed by atoms with Crippen molar-refractivity contribution in [1.29, 1.82) is 0 Å². The third-order valence-electron chi connectivity index (χ3n) is 4.48. The second-order valence-corrected chi connectivity index (χ2v) is 6.08. The Balaban J connectivity index is 2.08. The topological polar surface area (TPSA) is 89.9 Å². The van der Waals surface area contributed by atoms with Crippen molar-refractivity contribution in [2.75, 3.05) is 25.5 Å². The van der Waals surface area contributed by atoms with E-state index in [1.54, 1.807) is 16.8 Å². The molecular weight excluding hydrogens is 322 g/mol. The molecule has 2 N–H and O–H groups in total. The fraction of sp³-hybridized carbons (Fsp3) is 0.389. The van der Waals surface area contributed by atoms with Gasteiger partial charge in [0.05, 0.1) is 5.56 Å². The van der Waals surface area contributed by atoms with E-state index >= 15 is 0 Å². The number of aromatic hydroxyl groups is 1. The zero-order valence-electron chi connectivity index (χ0n) is 14.5. The Labute approximate surface area is 146 Å². The maximum Gasteiger partial charge on any atom is 0.257 e. The maximum atomic E-state index is 12.7. The Morgan fingerprint density at radius 1 is 1.32 bits per heavy atom. The second-order valence-electron chi connectivity index (χ2n) is 6.08. The Morgan fingerprint density at radius 3 is 2.52 bits per heavy atom. The van der Waals surface area contributed by atoms with Gasteiger partial charge >= 0.3 is 0 Å². The molecule has 1 fully saturated rings. The van der Waals surface area contributed by atoms with E-state index in [4.69, 9.17) is 0 Å². The van der Waals surface area contributed by atoms with E-state index in [-0.39, 0.29) is 29.2 Å². The fourth-order valence-electron chi connectivity index (χ4n) is 2.86. The third-order valence-corrected chi connectivity index (χ3v) is 4.48. The van der Waals surface area contributed by atoms with Crippen LogP contribution in [-0.4, -0.2) is 58.8 Å². The van der Waals surface area contributed by atoms with Gasteiger partial charge in [-0.1, -0.05) is 6.58 Å². The number of carbonyl (C=O) groups excluding carboxylic acids is 3. The van der Waals surface area contributed by atoms with Gasteiger partial charge in [-0.15, -0.1) is 0 Å². The molecule has 1 saturated heterocycles. The number of phenolic OH excluding ortho intramolecular Hbond substituents is 1. The van der Waals surface area contributed by atoms with Crippen LogP contribution in [0, 0.1) is 0 Å². The predicted octanol–water partition coefficient (Wildman–Crippen LogP) is 1.60. The highest BCUT2D eigenvalue weighted by molar-refractivity contribution is 6.02. The number of phenols is 1. The number of piperidine rings is 1. The molecule has 0 unspecified atom stereocenters. The van der Waals surface area contributed by atoms with E-state index < -0.39 is 5.91 Å². The van der Waals surface area contributed by atoms with Crippen LogP contribution in [0.3, 0.4) is 0 Å². The van der Waals surface area contributed by atoms with Crippen molar-refractivity contribution < 1.29 is 19.5 Å². The van der Waals surface area contributed by atoms with Crippen molar-refractivity contribution in [2.45, 2.75) is 25.8 Å². The summed E-state index contributed by atoms with van der Waals surface area (Å²) in [5.41, 5.74) is 0.553. The number of likely N-dealkylation sites (tertiary alicyclic amines) is 1. The van der Waals surface area contributed by atoms with Gasteiger partial charge in [0.25, 0.3) is 5.91 Å². The second kappa shape index (κ2) is 7.83. The predicted molar refractivity (Wildman–Crippen MR) is 94.3 cm³/mol. The maximum absolute atomic E-state index is 12.7. The van der Waals surface area contributed by atoms with E-state index in [1.807, 2.05) is 0 Å². The van der Waals surface area contributed by atoms with Crippen molar-refractivity contribution in [3.05, 3.63) is 36.4 Å². The highest BCUT2D eigenvalue weighted by Gasteiger charge is 2.28. The van der Waals surface area contributed by atoms with Gasteiger partial charge in [-0.2, -0.15) is 0 Å². The van der Waals surface area contributed by atoms with Crippen LogP contribution in [0.2, 0.25) is 0 Å². The zero-order chi connectivity index (χ0) is 18.6. The Bertz CT molecular complexity index is 694. The molecule has 1 aliphatic rings. The first kappa shape index (κ1) is 18.5. The Kier molecular flexibility index (Phi) is 5.80. The molecule has 0 atom stereocenters. The molecule has 0 aliphatic carbocycles. The van der Waals surface area contributed by atoms with Crippen LogP contribution in [0.1, 0.15) is 30.1 Å². The molecule has 2 rings (SSSR count). The summed E-state index contributed by atoms with van der Waals surface area (Å²) in [5.74, 6) is -0.814. The van der Waals surface area contributed by atoms with Gasteiger partial charge in [0.2, 0.25) is 11.8 Å². The SMILES string of the molecule is C=CC(=O)Nc1ccc(O)c(C(=O)N2CCC(N(C)C(C)=O)CC2)c1. The number of anilines is 1. The van der Waals surface area contributed by atoms with Gasteiger partial charge in [0.1, 0.15) is 5.75 Å². The van der Waals surface area contributed by atoms with Crippen molar-refractivity contribution in [3.63, 3.8) is 0 Å². The molecular formula is C18H23N3O4. The van der Waals surface area contributed by atoms with Gasteiger partial charge in [0, 0.05) is 38.8 Å². The van der Waals surface area contributed by atoms with E-state index in [0.29, 0.717) is 31.6 Å². The average molecular weight is 345 g/mol. The average Bonchev–Trinajstić information content (AvgIpc) is 2.62. The van der Waals surface area contributed by atoms with Gasteiger partial charge in [0.15, 0.2) is 0 Å². The summed E-state index contributed by atoms with van der Waals surface area (Å²) >= 11 is 0. The Hall–Kier alpha value is -2.83. The van der Waals surface area contributed by atoms with Crippen LogP contribution in [-0.2, 0) is 9.59 Å². The number of amides is 3. The van der Waals surface area contributed by atoms with Crippen molar-refractivity contribution in [1.82, 2.24) is 9.80 Å². The summed E-state index contributed by atoms with van der Waals surface area (Å²) in [5, 5.41) is 12.6. The summed E-state index contributed by atoms with van der Waals surface area (Å²) in [6.07, 6.45) is 2.51. The van der Waals surface area contributed by atoms with Crippen LogP contribution >= 0.6 is 0 Å². The van der Waals surface area contributed by atoms with E-state index in [9.17, 15) is 19.5 Å². The number of carbonyl (C=O) groups is 3. The molecule has 25 heavy (non-hydrogen) atoms. The number of nitrogens with one attached hydrogen (secondary N) is 1. The van der Waals surface area contributed by atoms with Gasteiger partial charge in [-0.05, 0) is 37.1 Å². The summed E-state index contributed by atoms with van der Waals surface area (Å²) in [6.45, 7) is 5.91. The lowest BCUT2D eigenvalue weighted by Crippen LogP contribution is -2.46. The number of hydrogen-bond donors (Lipinski definition) is 2. The van der Waals surface area contributed by atoms with Gasteiger partial charge in [-0.3, -0.25) is 14.4 Å². The molecule has 1 aromatic rings. The number of nitrogens with zero attached hydrogens (tertiary/aromatic N) is 2. The molecule has 1 heterocycles. The Morgan fingerprint density at radius 2 is 1.96 bits per heavy atom. The summed E-state index contributed by atoms with van der Waals surface area (Å²) in [4.78, 5) is 38.9. The molecule has 0 saturated carbocycles. The quantitative estimate of drug-likeness (QED) is 0.641. The number of hydrogen-bond acceptors (Lipinski definition) is 4. The zero-order valence-corrected chi connectivity index (χ0v) is 14.5. The van der Waals surface area contributed by atoms with Crippen LogP contribution < -0.4 is 5.32 Å². The minimum absolute atomic E-state index is 0.00748. The van der Waals surface area contributed by atoms with Crippen LogP contribution in [0.5, 0.6) is 5.75 Å². The largest absolute Gasteiger partial charge is 0.507 e. The first-order chi connectivity index (χ1) is 11.8.